The molecule has 8 heteroatoms. The van der Waals surface area contributed by atoms with Crippen molar-refractivity contribution in [3.8, 4) is 0 Å². The summed E-state index contributed by atoms with van der Waals surface area (Å²) >= 11 is 0. The van der Waals surface area contributed by atoms with Crippen molar-refractivity contribution in [1.82, 2.24) is 14.7 Å². The number of amides is 1. The van der Waals surface area contributed by atoms with E-state index in [0.717, 1.165) is 38.2 Å². The number of nitrogens with zero attached hydrogens (tertiary/aromatic N) is 3. The van der Waals surface area contributed by atoms with E-state index >= 15 is 8.78 Å². The van der Waals surface area contributed by atoms with E-state index in [4.69, 9.17) is 0 Å². The van der Waals surface area contributed by atoms with Crippen LogP contribution in [0, 0.1) is 5.92 Å². The van der Waals surface area contributed by atoms with Crippen LogP contribution < -0.4 is 0 Å². The summed E-state index contributed by atoms with van der Waals surface area (Å²) in [6.07, 6.45) is -0.140. The summed E-state index contributed by atoms with van der Waals surface area (Å²) in [6.45, 7) is 10.7. The summed E-state index contributed by atoms with van der Waals surface area (Å²) < 4.78 is 56.2. The Morgan fingerprint density at radius 1 is 0.972 bits per heavy atom. The molecule has 1 aliphatic carbocycles. The van der Waals surface area contributed by atoms with Crippen LogP contribution >= 0.6 is 0 Å². The first-order chi connectivity index (χ1) is 17.0. The number of carbonyl (C=O) groups is 1. The number of piperidine rings is 1. The molecule has 3 aliphatic rings. The van der Waals surface area contributed by atoms with Gasteiger partial charge < -0.3 is 4.90 Å². The van der Waals surface area contributed by atoms with Crippen LogP contribution in [0.1, 0.15) is 76.8 Å². The van der Waals surface area contributed by atoms with Crippen molar-refractivity contribution >= 4 is 5.91 Å². The molecule has 0 bridgehead atoms. The van der Waals surface area contributed by atoms with Gasteiger partial charge in [0.2, 0.25) is 5.91 Å². The molecule has 2 saturated heterocycles. The third-order valence-corrected chi connectivity index (χ3v) is 9.04. The van der Waals surface area contributed by atoms with Crippen molar-refractivity contribution in [2.45, 2.75) is 89.1 Å². The lowest BCUT2D eigenvalue weighted by molar-refractivity contribution is -0.151. The number of rotatable bonds is 6. The van der Waals surface area contributed by atoms with E-state index in [1.807, 2.05) is 0 Å². The molecule has 1 aromatic carbocycles. The van der Waals surface area contributed by atoms with Crippen molar-refractivity contribution in [3.63, 3.8) is 0 Å². The lowest BCUT2D eigenvalue weighted by atomic mass is 9.74. The monoisotopic (exact) mass is 511 g/mol. The summed E-state index contributed by atoms with van der Waals surface area (Å²) in [6, 6.07) is 6.64. The van der Waals surface area contributed by atoms with E-state index in [-0.39, 0.29) is 35.8 Å². The third kappa shape index (κ3) is 5.90. The zero-order valence-corrected chi connectivity index (χ0v) is 21.9. The maximum Gasteiger partial charge on any atom is 0.263 e. The summed E-state index contributed by atoms with van der Waals surface area (Å²) in [5, 5.41) is 0. The lowest BCUT2D eigenvalue weighted by Crippen LogP contribution is -2.58. The second-order valence-corrected chi connectivity index (χ2v) is 11.6. The SMILES string of the molecule is CC(C)N1CCN([C@H]2CCCC(F)(F)C2CC(=O)N2CCC(C)(c3ccc(C(F)F)cc3)CC2)CC1. The Morgan fingerprint density at radius 3 is 2.14 bits per heavy atom. The first-order valence-electron chi connectivity index (χ1n) is 13.5. The Morgan fingerprint density at radius 2 is 1.58 bits per heavy atom. The van der Waals surface area contributed by atoms with Gasteiger partial charge in [-0.1, -0.05) is 31.2 Å². The molecule has 4 nitrogen and oxygen atoms in total. The number of hydrogen-bond acceptors (Lipinski definition) is 3. The van der Waals surface area contributed by atoms with Crippen LogP contribution in [0.3, 0.4) is 0 Å². The molecule has 1 saturated carbocycles. The normalized spacial score (nSPS) is 27.5. The molecule has 0 N–H and O–H groups in total. The van der Waals surface area contributed by atoms with E-state index in [9.17, 15) is 13.6 Å². The second kappa shape index (κ2) is 11.0. The molecule has 2 atom stereocenters. The molecule has 3 fully saturated rings. The number of likely N-dealkylation sites (tertiary alicyclic amines) is 1. The average molecular weight is 512 g/mol. The minimum atomic E-state index is -2.83. The number of halogens is 4. The molecule has 1 aromatic rings. The highest BCUT2D eigenvalue weighted by Crippen LogP contribution is 2.44. The van der Waals surface area contributed by atoms with Crippen LogP contribution in [0.25, 0.3) is 0 Å². The molecule has 4 rings (SSSR count). The highest BCUT2D eigenvalue weighted by Gasteiger charge is 2.50. The van der Waals surface area contributed by atoms with Crippen molar-refractivity contribution in [2.24, 2.45) is 5.92 Å². The molecule has 202 valence electrons. The van der Waals surface area contributed by atoms with Crippen molar-refractivity contribution < 1.29 is 22.4 Å². The number of alkyl halides is 4. The third-order valence-electron chi connectivity index (χ3n) is 9.04. The van der Waals surface area contributed by atoms with Crippen molar-refractivity contribution in [1.29, 1.82) is 0 Å². The van der Waals surface area contributed by atoms with Crippen LogP contribution in [0.5, 0.6) is 0 Å². The standard InChI is InChI=1S/C28H41F4N3O/c1-20(2)33-15-17-34(18-16-33)24-5-4-10-28(31,32)23(24)19-25(36)35-13-11-27(3,12-14-35)22-8-6-21(7-9-22)26(29)30/h6-9,20,23-24,26H,4-5,10-19H2,1-3H3/t23?,24-/m0/s1. The minimum absolute atomic E-state index is 0.00328. The zero-order chi connectivity index (χ0) is 26.1. The van der Waals surface area contributed by atoms with Gasteiger partial charge in [0, 0.05) is 75.7 Å². The van der Waals surface area contributed by atoms with Gasteiger partial charge in [-0.15, -0.1) is 0 Å². The second-order valence-electron chi connectivity index (χ2n) is 11.6. The number of carbonyl (C=O) groups excluding carboxylic acids is 1. The molecule has 0 aromatic heterocycles. The van der Waals surface area contributed by atoms with Gasteiger partial charge in [0.25, 0.3) is 12.3 Å². The van der Waals surface area contributed by atoms with E-state index in [0.29, 0.717) is 38.4 Å². The molecular formula is C28H41F4N3O. The van der Waals surface area contributed by atoms with Gasteiger partial charge in [0.05, 0.1) is 0 Å². The topological polar surface area (TPSA) is 26.8 Å². The fourth-order valence-corrected chi connectivity index (χ4v) is 6.41. The van der Waals surface area contributed by atoms with Crippen LogP contribution in [0.2, 0.25) is 0 Å². The van der Waals surface area contributed by atoms with E-state index in [1.165, 1.54) is 12.1 Å². The molecule has 2 heterocycles. The molecule has 1 amide bonds. The molecule has 0 spiro atoms. The van der Waals surface area contributed by atoms with Crippen LogP contribution in [0.4, 0.5) is 17.6 Å². The van der Waals surface area contributed by atoms with Crippen molar-refractivity contribution in [2.75, 3.05) is 39.3 Å². The fourth-order valence-electron chi connectivity index (χ4n) is 6.41. The van der Waals surface area contributed by atoms with Crippen LogP contribution in [0.15, 0.2) is 24.3 Å². The summed E-state index contributed by atoms with van der Waals surface area (Å²) in [7, 11) is 0. The Bertz CT molecular complexity index is 875. The van der Waals surface area contributed by atoms with E-state index in [2.05, 4.69) is 30.6 Å². The summed E-state index contributed by atoms with van der Waals surface area (Å²) in [5.74, 6) is -3.95. The Balaban J connectivity index is 1.38. The predicted molar refractivity (Wildman–Crippen MR) is 134 cm³/mol. The molecule has 2 aliphatic heterocycles. The van der Waals surface area contributed by atoms with Gasteiger partial charge in [-0.2, -0.15) is 0 Å². The first-order valence-corrected chi connectivity index (χ1v) is 13.5. The van der Waals surface area contributed by atoms with Gasteiger partial charge in [-0.25, -0.2) is 17.6 Å². The highest BCUT2D eigenvalue weighted by atomic mass is 19.3. The van der Waals surface area contributed by atoms with Crippen LogP contribution in [-0.4, -0.2) is 77.9 Å². The minimum Gasteiger partial charge on any atom is -0.343 e. The predicted octanol–water partition coefficient (Wildman–Crippen LogP) is 5.72. The Kier molecular flexibility index (Phi) is 8.35. The van der Waals surface area contributed by atoms with E-state index in [1.54, 1.807) is 17.0 Å². The van der Waals surface area contributed by atoms with Gasteiger partial charge in [-0.3, -0.25) is 14.6 Å². The summed E-state index contributed by atoms with van der Waals surface area (Å²) in [4.78, 5) is 19.6. The lowest BCUT2D eigenvalue weighted by Gasteiger charge is -2.48. The molecular weight excluding hydrogens is 470 g/mol. The largest absolute Gasteiger partial charge is 0.343 e. The maximum absolute atomic E-state index is 15.2. The van der Waals surface area contributed by atoms with Gasteiger partial charge in [0.1, 0.15) is 0 Å². The quantitative estimate of drug-likeness (QED) is 0.457. The Hall–Kier alpha value is -1.67. The Labute approximate surface area is 213 Å². The van der Waals surface area contributed by atoms with E-state index < -0.39 is 18.3 Å². The summed E-state index contributed by atoms with van der Waals surface area (Å²) in [5.41, 5.74) is 0.771. The maximum atomic E-state index is 15.2. The van der Waals surface area contributed by atoms with Gasteiger partial charge in [0.15, 0.2) is 0 Å². The number of benzene rings is 1. The van der Waals surface area contributed by atoms with Crippen molar-refractivity contribution in [3.05, 3.63) is 35.4 Å². The molecule has 0 radical (unpaired) electrons. The van der Waals surface area contributed by atoms with Gasteiger partial charge >= 0.3 is 0 Å². The number of hydrogen-bond donors (Lipinski definition) is 0. The molecule has 36 heavy (non-hydrogen) atoms. The molecule has 1 unspecified atom stereocenters. The van der Waals surface area contributed by atoms with Gasteiger partial charge in [-0.05, 0) is 50.5 Å². The fraction of sp³-hybridized carbons (Fsp3) is 0.750. The average Bonchev–Trinajstić information content (AvgIpc) is 2.85. The number of piperazine rings is 1. The zero-order valence-electron chi connectivity index (χ0n) is 21.9. The highest BCUT2D eigenvalue weighted by molar-refractivity contribution is 5.77. The van der Waals surface area contributed by atoms with Crippen LogP contribution in [-0.2, 0) is 10.2 Å². The smallest absolute Gasteiger partial charge is 0.263 e. The first kappa shape index (κ1) is 27.4.